The zero-order valence-corrected chi connectivity index (χ0v) is 15.8. The first kappa shape index (κ1) is 19.6. The number of hydrogen-bond donors (Lipinski definition) is 2. The van der Waals surface area contributed by atoms with Crippen molar-refractivity contribution in [3.63, 3.8) is 0 Å². The number of hydrogen-bond acceptors (Lipinski definition) is 6. The predicted molar refractivity (Wildman–Crippen MR) is 104 cm³/mol. The molecule has 2 N–H and O–H groups in total. The Kier molecular flexibility index (Phi) is 5.00. The molecule has 0 aliphatic heterocycles. The van der Waals surface area contributed by atoms with Crippen molar-refractivity contribution in [2.45, 2.75) is 6.18 Å². The number of nitrogens with zero attached hydrogens (tertiary/aromatic N) is 2. The van der Waals surface area contributed by atoms with Gasteiger partial charge in [0.05, 0.1) is 5.56 Å². The Hall–Kier alpha value is -3.66. The Morgan fingerprint density at radius 3 is 2.57 bits per heavy atom. The number of thiophene rings is 1. The summed E-state index contributed by atoms with van der Waals surface area (Å²) in [6.07, 6.45) is -4.57. The van der Waals surface area contributed by atoms with Crippen LogP contribution in [0.2, 0.25) is 0 Å². The highest BCUT2D eigenvalue weighted by molar-refractivity contribution is 7.08. The first-order valence-corrected chi connectivity index (χ1v) is 9.43. The molecule has 0 fully saturated rings. The van der Waals surface area contributed by atoms with E-state index in [4.69, 9.17) is 4.42 Å². The normalized spacial score (nSPS) is 11.4. The molecule has 4 rings (SSSR count). The highest BCUT2D eigenvalue weighted by Gasteiger charge is 2.31. The molecule has 0 spiro atoms. The van der Waals surface area contributed by atoms with E-state index in [1.165, 1.54) is 23.5 Å². The van der Waals surface area contributed by atoms with Gasteiger partial charge in [-0.05, 0) is 64.4 Å². The number of benzene rings is 2. The number of rotatable bonds is 4. The van der Waals surface area contributed by atoms with Crippen LogP contribution in [0.4, 0.5) is 19.2 Å². The molecule has 0 saturated carbocycles. The fraction of sp³-hybridized carbons (Fsp3) is 0.0500. The third-order valence-electron chi connectivity index (χ3n) is 4.12. The van der Waals surface area contributed by atoms with Gasteiger partial charge in [-0.15, -0.1) is 5.10 Å². The highest BCUT2D eigenvalue weighted by Crippen LogP contribution is 2.32. The molecule has 0 atom stereocenters. The van der Waals surface area contributed by atoms with E-state index in [9.17, 15) is 23.1 Å². The molecule has 2 aromatic carbocycles. The first-order valence-electron chi connectivity index (χ1n) is 8.49. The average molecular weight is 431 g/mol. The van der Waals surface area contributed by atoms with Crippen molar-refractivity contribution in [2.24, 2.45) is 0 Å². The predicted octanol–water partition coefficient (Wildman–Crippen LogP) is 5.44. The van der Waals surface area contributed by atoms with Crippen LogP contribution in [0.15, 0.2) is 63.7 Å². The molecule has 0 saturated heterocycles. The van der Waals surface area contributed by atoms with Gasteiger partial charge in [-0.2, -0.15) is 24.5 Å². The van der Waals surface area contributed by atoms with Gasteiger partial charge in [0.2, 0.25) is 5.89 Å². The van der Waals surface area contributed by atoms with Gasteiger partial charge in [-0.1, -0.05) is 11.2 Å². The molecule has 2 aromatic heterocycles. The summed E-state index contributed by atoms with van der Waals surface area (Å²) in [6.45, 7) is 0. The zero-order valence-electron chi connectivity index (χ0n) is 15.0. The van der Waals surface area contributed by atoms with Gasteiger partial charge in [0.1, 0.15) is 5.75 Å². The van der Waals surface area contributed by atoms with Crippen molar-refractivity contribution in [3.8, 4) is 28.3 Å². The molecule has 0 aliphatic carbocycles. The average Bonchev–Trinajstić information content (AvgIpc) is 3.39. The van der Waals surface area contributed by atoms with Crippen molar-refractivity contribution in [2.75, 3.05) is 5.32 Å². The van der Waals surface area contributed by atoms with Crippen LogP contribution in [0, 0.1) is 0 Å². The summed E-state index contributed by atoms with van der Waals surface area (Å²) >= 11 is 1.50. The van der Waals surface area contributed by atoms with E-state index in [0.717, 1.165) is 29.3 Å². The first-order chi connectivity index (χ1) is 14.3. The van der Waals surface area contributed by atoms with Crippen molar-refractivity contribution < 1.29 is 27.5 Å². The number of aromatic nitrogens is 2. The summed E-state index contributed by atoms with van der Waals surface area (Å²) in [6, 6.07) is 10.3. The number of phenolic OH excluding ortho intramolecular Hbond substituents is 1. The Balaban J connectivity index is 1.56. The lowest BCUT2D eigenvalue weighted by molar-refractivity contribution is -0.137. The van der Waals surface area contributed by atoms with Crippen LogP contribution in [-0.2, 0) is 6.18 Å². The number of anilines is 1. The lowest BCUT2D eigenvalue weighted by Crippen LogP contribution is -2.14. The Morgan fingerprint density at radius 1 is 1.03 bits per heavy atom. The molecular formula is C20H12F3N3O3S. The third kappa shape index (κ3) is 4.18. The molecule has 6 nitrogen and oxygen atoms in total. The minimum absolute atomic E-state index is 0.0125. The van der Waals surface area contributed by atoms with E-state index >= 15 is 0 Å². The van der Waals surface area contributed by atoms with Gasteiger partial charge < -0.3 is 9.52 Å². The molecule has 1 amide bonds. The van der Waals surface area contributed by atoms with E-state index in [-0.39, 0.29) is 23.2 Å². The smallest absolute Gasteiger partial charge is 0.416 e. The van der Waals surface area contributed by atoms with Crippen molar-refractivity contribution in [1.29, 1.82) is 0 Å². The number of amides is 1. The van der Waals surface area contributed by atoms with E-state index in [0.29, 0.717) is 5.56 Å². The summed E-state index contributed by atoms with van der Waals surface area (Å²) in [7, 11) is 0. The molecule has 2 heterocycles. The second-order valence-corrected chi connectivity index (χ2v) is 7.01. The van der Waals surface area contributed by atoms with Crippen molar-refractivity contribution >= 4 is 23.3 Å². The Morgan fingerprint density at radius 2 is 1.83 bits per heavy atom. The van der Waals surface area contributed by atoms with Crippen LogP contribution in [-0.4, -0.2) is 21.2 Å². The fourth-order valence-electron chi connectivity index (χ4n) is 2.73. The number of phenols is 1. The monoisotopic (exact) mass is 431 g/mol. The quantitative estimate of drug-likeness (QED) is 0.449. The zero-order chi connectivity index (χ0) is 21.3. The van der Waals surface area contributed by atoms with Gasteiger partial charge >= 0.3 is 12.2 Å². The van der Waals surface area contributed by atoms with Crippen LogP contribution in [0.1, 0.15) is 15.9 Å². The number of carbonyl (C=O) groups excluding carboxylic acids is 1. The molecule has 4 aromatic rings. The molecule has 30 heavy (non-hydrogen) atoms. The lowest BCUT2D eigenvalue weighted by atomic mass is 10.1. The molecule has 0 unspecified atom stereocenters. The topological polar surface area (TPSA) is 88.2 Å². The molecule has 10 heteroatoms. The number of aromatic hydroxyl groups is 1. The standard InChI is InChI=1S/C20H12F3N3O3S/c21-20(22,23)15-3-1-2-11(7-15)17(28)24-19-26-25-18(29-19)14-6-13(8-16(27)9-14)12-4-5-30-10-12/h1-10,27H,(H,24,26,28). The van der Waals surface area contributed by atoms with Crippen molar-refractivity contribution in [3.05, 3.63) is 70.4 Å². The van der Waals surface area contributed by atoms with Crippen LogP contribution in [0.3, 0.4) is 0 Å². The van der Waals surface area contributed by atoms with E-state index in [1.807, 2.05) is 16.8 Å². The number of halogens is 3. The van der Waals surface area contributed by atoms with E-state index in [2.05, 4.69) is 15.5 Å². The van der Waals surface area contributed by atoms with Crippen LogP contribution >= 0.6 is 11.3 Å². The minimum Gasteiger partial charge on any atom is -0.508 e. The maximum atomic E-state index is 12.8. The van der Waals surface area contributed by atoms with E-state index in [1.54, 1.807) is 12.1 Å². The summed E-state index contributed by atoms with van der Waals surface area (Å²) in [5.74, 6) is -0.811. The second-order valence-electron chi connectivity index (χ2n) is 6.23. The largest absolute Gasteiger partial charge is 0.508 e. The van der Waals surface area contributed by atoms with E-state index < -0.39 is 17.6 Å². The minimum atomic E-state index is -4.57. The molecule has 0 bridgehead atoms. The van der Waals surface area contributed by atoms with Gasteiger partial charge in [0.25, 0.3) is 5.91 Å². The van der Waals surface area contributed by atoms with Gasteiger partial charge in [-0.3, -0.25) is 10.1 Å². The van der Waals surface area contributed by atoms with Gasteiger partial charge in [0.15, 0.2) is 0 Å². The SMILES string of the molecule is O=C(Nc1nnc(-c2cc(O)cc(-c3ccsc3)c2)o1)c1cccc(C(F)(F)F)c1. The summed E-state index contributed by atoms with van der Waals surface area (Å²) in [5.41, 5.74) is 0.903. The summed E-state index contributed by atoms with van der Waals surface area (Å²) in [5, 5.41) is 23.6. The Bertz CT molecular complexity index is 1200. The maximum absolute atomic E-state index is 12.8. The fourth-order valence-corrected chi connectivity index (χ4v) is 3.39. The number of alkyl halides is 3. The molecule has 152 valence electrons. The van der Waals surface area contributed by atoms with Gasteiger partial charge in [0, 0.05) is 11.1 Å². The number of carbonyl (C=O) groups is 1. The second kappa shape index (κ2) is 7.64. The van der Waals surface area contributed by atoms with Crippen LogP contribution in [0.5, 0.6) is 5.75 Å². The van der Waals surface area contributed by atoms with Gasteiger partial charge in [-0.25, -0.2) is 0 Å². The summed E-state index contributed by atoms with van der Waals surface area (Å²) in [4.78, 5) is 12.3. The Labute approximate surface area is 171 Å². The summed E-state index contributed by atoms with van der Waals surface area (Å²) < 4.78 is 43.9. The van der Waals surface area contributed by atoms with Crippen LogP contribution < -0.4 is 5.32 Å². The third-order valence-corrected chi connectivity index (χ3v) is 4.80. The van der Waals surface area contributed by atoms with Crippen molar-refractivity contribution in [1.82, 2.24) is 10.2 Å². The lowest BCUT2D eigenvalue weighted by Gasteiger charge is -2.07. The molecular weight excluding hydrogens is 419 g/mol. The number of nitrogens with one attached hydrogen (secondary N) is 1. The molecule has 0 radical (unpaired) electrons. The maximum Gasteiger partial charge on any atom is 0.416 e. The highest BCUT2D eigenvalue weighted by atomic mass is 32.1. The van der Waals surface area contributed by atoms with Crippen LogP contribution in [0.25, 0.3) is 22.6 Å². The molecule has 0 aliphatic rings.